The van der Waals surface area contributed by atoms with Crippen LogP contribution in [0.3, 0.4) is 0 Å². The maximum Gasteiger partial charge on any atom is 0.312 e. The second kappa shape index (κ2) is 11.2. The molecule has 1 aromatic carbocycles. The highest BCUT2D eigenvalue weighted by Crippen LogP contribution is 2.23. The molecule has 0 unspecified atom stereocenters. The number of nitrogens with one attached hydrogen (secondary N) is 1. The van der Waals surface area contributed by atoms with Gasteiger partial charge in [0.25, 0.3) is 5.91 Å². The fraction of sp³-hybridized carbons (Fsp3) is 0.550. The van der Waals surface area contributed by atoms with Crippen molar-refractivity contribution in [2.24, 2.45) is 5.73 Å². The third-order valence-electron chi connectivity index (χ3n) is 4.60. The minimum absolute atomic E-state index is 0.139. The Kier molecular flexibility index (Phi) is 8.61. The second-order valence-electron chi connectivity index (χ2n) is 6.77. The number of hydrogen-bond acceptors (Lipinski definition) is 4. The van der Waals surface area contributed by atoms with Crippen LogP contribution < -0.4 is 11.1 Å². The van der Waals surface area contributed by atoms with Crippen LogP contribution >= 0.6 is 0 Å². The molecule has 0 aliphatic carbocycles. The summed E-state index contributed by atoms with van der Waals surface area (Å²) in [6, 6.07) is 8.63. The molecule has 0 bridgehead atoms. The summed E-state index contributed by atoms with van der Waals surface area (Å²) in [6.45, 7) is 1.92. The Morgan fingerprint density at radius 2 is 1.74 bits per heavy atom. The first-order valence-corrected chi connectivity index (χ1v) is 9.64. The second-order valence-corrected chi connectivity index (χ2v) is 6.77. The molecule has 27 heavy (non-hydrogen) atoms. The number of ether oxygens (including phenoxy) is 1. The van der Waals surface area contributed by atoms with Gasteiger partial charge in [0.1, 0.15) is 0 Å². The number of urea groups is 1. The Morgan fingerprint density at radius 1 is 1.04 bits per heavy atom. The van der Waals surface area contributed by atoms with E-state index in [1.54, 1.807) is 4.90 Å². The molecule has 0 spiro atoms. The molecule has 3 amide bonds. The van der Waals surface area contributed by atoms with Gasteiger partial charge in [-0.1, -0.05) is 36.8 Å². The fourth-order valence-corrected chi connectivity index (χ4v) is 3.14. The minimum atomic E-state index is -0.881. The maximum absolute atomic E-state index is 12.9. The van der Waals surface area contributed by atoms with Gasteiger partial charge >= 0.3 is 12.0 Å². The Balaban J connectivity index is 1.87. The quantitative estimate of drug-likeness (QED) is 0.511. The molecule has 0 radical (unpaired) electrons. The summed E-state index contributed by atoms with van der Waals surface area (Å²) in [5.74, 6) is -0.517. The number of hydrogen-bond donors (Lipinski definition) is 2. The van der Waals surface area contributed by atoms with E-state index in [1.807, 2.05) is 30.3 Å². The lowest BCUT2D eigenvalue weighted by atomic mass is 10.1. The van der Waals surface area contributed by atoms with E-state index in [4.69, 9.17) is 10.5 Å². The van der Waals surface area contributed by atoms with E-state index in [0.717, 1.165) is 32.1 Å². The molecule has 2 rings (SSSR count). The number of esters is 1. The van der Waals surface area contributed by atoms with Crippen LogP contribution in [-0.2, 0) is 14.3 Å². The topological polar surface area (TPSA) is 102 Å². The van der Waals surface area contributed by atoms with Gasteiger partial charge in [0.15, 0.2) is 0 Å². The first-order chi connectivity index (χ1) is 13.1. The number of likely N-dealkylation sites (tertiary alicyclic amines) is 1. The molecule has 1 aromatic rings. The van der Waals surface area contributed by atoms with Crippen LogP contribution in [0.4, 0.5) is 4.79 Å². The summed E-state index contributed by atoms with van der Waals surface area (Å²) in [7, 11) is 0. The Labute approximate surface area is 160 Å². The van der Waals surface area contributed by atoms with Gasteiger partial charge in [-0.2, -0.15) is 0 Å². The number of piperidine rings is 1. The summed E-state index contributed by atoms with van der Waals surface area (Å²) in [5, 5.41) is 2.51. The zero-order chi connectivity index (χ0) is 19.5. The Morgan fingerprint density at radius 3 is 2.41 bits per heavy atom. The zero-order valence-electron chi connectivity index (χ0n) is 15.7. The first-order valence-electron chi connectivity index (χ1n) is 9.64. The molecule has 148 valence electrons. The van der Waals surface area contributed by atoms with Gasteiger partial charge < -0.3 is 20.7 Å². The standard InChI is InChI=1S/C20H29N3O4/c21-20(26)22-13-7-2-6-12-17(24)27-18(16-10-4-1-5-11-16)19(25)23-14-8-3-9-15-23/h1,4-5,10-11,18H,2-3,6-9,12-15H2,(H3,21,22,26)/t18-/m0/s1. The number of rotatable bonds is 9. The molecule has 1 aliphatic heterocycles. The van der Waals surface area contributed by atoms with Crippen molar-refractivity contribution in [1.29, 1.82) is 0 Å². The van der Waals surface area contributed by atoms with Crippen molar-refractivity contribution < 1.29 is 19.1 Å². The molecule has 7 heteroatoms. The van der Waals surface area contributed by atoms with Gasteiger partial charge in [0.2, 0.25) is 6.10 Å². The lowest BCUT2D eigenvalue weighted by Gasteiger charge is -2.30. The van der Waals surface area contributed by atoms with Crippen molar-refractivity contribution in [3.63, 3.8) is 0 Å². The molecule has 3 N–H and O–H groups in total. The van der Waals surface area contributed by atoms with Gasteiger partial charge in [-0.15, -0.1) is 0 Å². The van der Waals surface area contributed by atoms with E-state index in [9.17, 15) is 14.4 Å². The number of carbonyl (C=O) groups is 3. The number of unbranched alkanes of at least 4 members (excludes halogenated alkanes) is 2. The highest BCUT2D eigenvalue weighted by molar-refractivity contribution is 5.85. The molecule has 1 saturated heterocycles. The zero-order valence-corrected chi connectivity index (χ0v) is 15.7. The van der Waals surface area contributed by atoms with Crippen LogP contribution in [-0.4, -0.2) is 42.4 Å². The molecule has 1 atom stereocenters. The monoisotopic (exact) mass is 375 g/mol. The van der Waals surface area contributed by atoms with Gasteiger partial charge in [-0.05, 0) is 32.1 Å². The van der Waals surface area contributed by atoms with E-state index in [0.29, 0.717) is 31.6 Å². The van der Waals surface area contributed by atoms with Crippen molar-refractivity contribution >= 4 is 17.9 Å². The molecule has 0 aromatic heterocycles. The van der Waals surface area contributed by atoms with E-state index in [-0.39, 0.29) is 18.3 Å². The molecule has 7 nitrogen and oxygen atoms in total. The largest absolute Gasteiger partial charge is 0.447 e. The molecule has 1 heterocycles. The SMILES string of the molecule is NC(=O)NCCCCCC(=O)O[C@H](C(=O)N1CCCCC1)c1ccccc1. The summed E-state index contributed by atoms with van der Waals surface area (Å²) >= 11 is 0. The molecular weight excluding hydrogens is 346 g/mol. The Bertz CT molecular complexity index is 615. The van der Waals surface area contributed by atoms with Gasteiger partial charge in [-0.25, -0.2) is 4.79 Å². The number of primary amides is 1. The Hall–Kier alpha value is -2.57. The van der Waals surface area contributed by atoms with Crippen LogP contribution in [0.1, 0.15) is 56.6 Å². The first kappa shape index (κ1) is 20.7. The molecule has 1 fully saturated rings. The average molecular weight is 375 g/mol. The lowest BCUT2D eigenvalue weighted by Crippen LogP contribution is -2.40. The van der Waals surface area contributed by atoms with E-state index < -0.39 is 12.1 Å². The van der Waals surface area contributed by atoms with Crippen molar-refractivity contribution in [2.45, 2.75) is 51.0 Å². The molecule has 1 aliphatic rings. The predicted molar refractivity (Wildman–Crippen MR) is 102 cm³/mol. The minimum Gasteiger partial charge on any atom is -0.447 e. The normalized spacial score (nSPS) is 15.0. The third kappa shape index (κ3) is 7.29. The number of nitrogens with two attached hydrogens (primary N) is 1. The summed E-state index contributed by atoms with van der Waals surface area (Å²) in [5.41, 5.74) is 5.70. The molecular formula is C20H29N3O4. The average Bonchev–Trinajstić information content (AvgIpc) is 2.69. The van der Waals surface area contributed by atoms with Crippen LogP contribution in [0.25, 0.3) is 0 Å². The van der Waals surface area contributed by atoms with Gasteiger partial charge in [0, 0.05) is 31.6 Å². The predicted octanol–water partition coefficient (Wildman–Crippen LogP) is 2.51. The van der Waals surface area contributed by atoms with Crippen LogP contribution in [0.2, 0.25) is 0 Å². The third-order valence-corrected chi connectivity index (χ3v) is 4.60. The highest BCUT2D eigenvalue weighted by Gasteiger charge is 2.30. The van der Waals surface area contributed by atoms with Crippen molar-refractivity contribution in [1.82, 2.24) is 10.2 Å². The van der Waals surface area contributed by atoms with E-state index in [1.165, 1.54) is 0 Å². The summed E-state index contributed by atoms with van der Waals surface area (Å²) in [4.78, 5) is 37.6. The van der Waals surface area contributed by atoms with Crippen molar-refractivity contribution in [3.8, 4) is 0 Å². The van der Waals surface area contributed by atoms with Crippen molar-refractivity contribution in [2.75, 3.05) is 19.6 Å². The number of amides is 3. The van der Waals surface area contributed by atoms with Crippen LogP contribution in [0.5, 0.6) is 0 Å². The number of benzene rings is 1. The maximum atomic E-state index is 12.9. The van der Waals surface area contributed by atoms with E-state index in [2.05, 4.69) is 5.32 Å². The lowest BCUT2D eigenvalue weighted by molar-refractivity contribution is -0.161. The van der Waals surface area contributed by atoms with E-state index >= 15 is 0 Å². The number of nitrogens with zero attached hydrogens (tertiary/aromatic N) is 1. The summed E-state index contributed by atoms with van der Waals surface area (Å²) in [6.07, 6.45) is 4.61. The summed E-state index contributed by atoms with van der Waals surface area (Å²) < 4.78 is 5.58. The fourth-order valence-electron chi connectivity index (χ4n) is 3.14. The van der Waals surface area contributed by atoms with Crippen molar-refractivity contribution in [3.05, 3.63) is 35.9 Å². The number of carbonyl (C=O) groups excluding carboxylic acids is 3. The smallest absolute Gasteiger partial charge is 0.312 e. The van der Waals surface area contributed by atoms with Crippen LogP contribution in [0, 0.1) is 0 Å². The highest BCUT2D eigenvalue weighted by atomic mass is 16.5. The van der Waals surface area contributed by atoms with Gasteiger partial charge in [-0.3, -0.25) is 9.59 Å². The van der Waals surface area contributed by atoms with Crippen LogP contribution in [0.15, 0.2) is 30.3 Å². The molecule has 0 saturated carbocycles. The van der Waals surface area contributed by atoms with Gasteiger partial charge in [0.05, 0.1) is 0 Å².